The van der Waals surface area contributed by atoms with Gasteiger partial charge in [-0.25, -0.2) is 4.39 Å². The first kappa shape index (κ1) is 15.3. The molecular weight excluding hydrogens is 275 g/mol. The molecule has 0 radical (unpaired) electrons. The average Bonchev–Trinajstić information content (AvgIpc) is 2.21. The molecule has 1 amide bonds. The summed E-state index contributed by atoms with van der Waals surface area (Å²) in [6, 6.07) is 4.07. The molecule has 100 valence electrons. The van der Waals surface area contributed by atoms with E-state index in [1.165, 1.54) is 30.0 Å². The van der Waals surface area contributed by atoms with Gasteiger partial charge in [0.25, 0.3) is 0 Å². The fourth-order valence-corrected chi connectivity index (χ4v) is 2.24. The van der Waals surface area contributed by atoms with E-state index >= 15 is 0 Å². The SMILES string of the molecule is CC(C)(N)CSCC(=O)Nc1ccc(F)c(Cl)c1. The van der Waals surface area contributed by atoms with Crippen molar-refractivity contribution in [1.82, 2.24) is 0 Å². The molecule has 1 rings (SSSR count). The van der Waals surface area contributed by atoms with Gasteiger partial charge in [0, 0.05) is 17.0 Å². The Morgan fingerprint density at radius 1 is 1.56 bits per heavy atom. The Hall–Kier alpha value is -0.780. The molecule has 6 heteroatoms. The number of hydrogen-bond acceptors (Lipinski definition) is 3. The van der Waals surface area contributed by atoms with Crippen molar-refractivity contribution < 1.29 is 9.18 Å². The van der Waals surface area contributed by atoms with E-state index in [1.54, 1.807) is 0 Å². The van der Waals surface area contributed by atoms with Crippen LogP contribution in [0.25, 0.3) is 0 Å². The largest absolute Gasteiger partial charge is 0.325 e. The molecular formula is C12H16ClFN2OS. The molecule has 0 saturated carbocycles. The molecule has 0 atom stereocenters. The van der Waals surface area contributed by atoms with Gasteiger partial charge in [-0.2, -0.15) is 11.8 Å². The molecule has 0 aliphatic heterocycles. The van der Waals surface area contributed by atoms with E-state index in [9.17, 15) is 9.18 Å². The maximum absolute atomic E-state index is 12.9. The number of anilines is 1. The highest BCUT2D eigenvalue weighted by molar-refractivity contribution is 8.00. The Morgan fingerprint density at radius 3 is 2.78 bits per heavy atom. The normalized spacial score (nSPS) is 11.4. The summed E-state index contributed by atoms with van der Waals surface area (Å²) in [5.74, 6) is 0.320. The van der Waals surface area contributed by atoms with E-state index in [2.05, 4.69) is 5.32 Å². The molecule has 0 aliphatic rings. The highest BCUT2D eigenvalue weighted by Gasteiger charge is 2.12. The van der Waals surface area contributed by atoms with Crippen LogP contribution < -0.4 is 11.1 Å². The lowest BCUT2D eigenvalue weighted by Gasteiger charge is -2.17. The van der Waals surface area contributed by atoms with Crippen molar-refractivity contribution in [3.05, 3.63) is 29.0 Å². The summed E-state index contributed by atoms with van der Waals surface area (Å²) in [6.07, 6.45) is 0. The number of hydrogen-bond donors (Lipinski definition) is 2. The number of thioether (sulfide) groups is 1. The minimum absolute atomic E-state index is 0.0106. The number of rotatable bonds is 5. The lowest BCUT2D eigenvalue weighted by molar-refractivity contribution is -0.113. The van der Waals surface area contributed by atoms with Crippen LogP contribution in [-0.2, 0) is 4.79 Å². The molecule has 0 spiro atoms. The van der Waals surface area contributed by atoms with E-state index in [-0.39, 0.29) is 16.5 Å². The van der Waals surface area contributed by atoms with Gasteiger partial charge >= 0.3 is 0 Å². The summed E-state index contributed by atoms with van der Waals surface area (Å²) in [6.45, 7) is 3.80. The van der Waals surface area contributed by atoms with Gasteiger partial charge in [-0.15, -0.1) is 0 Å². The number of amides is 1. The Kier molecular flexibility index (Phi) is 5.44. The number of carbonyl (C=O) groups excluding carboxylic acids is 1. The molecule has 0 aliphatic carbocycles. The van der Waals surface area contributed by atoms with Crippen molar-refractivity contribution in [2.24, 2.45) is 5.73 Å². The second-order valence-corrected chi connectivity index (χ2v) is 6.05. The van der Waals surface area contributed by atoms with Gasteiger partial charge in [0.1, 0.15) is 5.82 Å². The average molecular weight is 291 g/mol. The predicted octanol–water partition coefficient (Wildman–Crippen LogP) is 2.89. The summed E-state index contributed by atoms with van der Waals surface area (Å²) in [4.78, 5) is 11.6. The predicted molar refractivity (Wildman–Crippen MR) is 75.6 cm³/mol. The van der Waals surface area contributed by atoms with E-state index in [4.69, 9.17) is 17.3 Å². The molecule has 1 aromatic rings. The van der Waals surface area contributed by atoms with Crippen LogP contribution in [0.4, 0.5) is 10.1 Å². The molecule has 3 N–H and O–H groups in total. The van der Waals surface area contributed by atoms with Gasteiger partial charge in [0.05, 0.1) is 10.8 Å². The Labute approximate surface area is 115 Å². The van der Waals surface area contributed by atoms with Crippen LogP contribution >= 0.6 is 23.4 Å². The summed E-state index contributed by atoms with van der Waals surface area (Å²) in [5, 5.41) is 2.63. The van der Waals surface area contributed by atoms with Gasteiger partial charge in [0.15, 0.2) is 0 Å². The van der Waals surface area contributed by atoms with E-state index < -0.39 is 5.82 Å². The lowest BCUT2D eigenvalue weighted by atomic mass is 10.1. The van der Waals surface area contributed by atoms with Crippen LogP contribution in [0.2, 0.25) is 5.02 Å². The minimum Gasteiger partial charge on any atom is -0.325 e. The Balaban J connectivity index is 2.42. The maximum Gasteiger partial charge on any atom is 0.234 e. The number of carbonyl (C=O) groups is 1. The van der Waals surface area contributed by atoms with Gasteiger partial charge in [-0.05, 0) is 32.0 Å². The number of halogens is 2. The van der Waals surface area contributed by atoms with Crippen LogP contribution in [0.15, 0.2) is 18.2 Å². The first-order valence-corrected chi connectivity index (χ1v) is 6.93. The van der Waals surface area contributed by atoms with E-state index in [0.717, 1.165) is 0 Å². The summed E-state index contributed by atoms with van der Waals surface area (Å²) in [7, 11) is 0. The zero-order valence-electron chi connectivity index (χ0n) is 10.3. The van der Waals surface area contributed by atoms with Gasteiger partial charge < -0.3 is 11.1 Å². The third-order valence-electron chi connectivity index (χ3n) is 1.91. The summed E-state index contributed by atoms with van der Waals surface area (Å²) in [5.41, 5.74) is 5.98. The van der Waals surface area contributed by atoms with Crippen molar-refractivity contribution in [3.63, 3.8) is 0 Å². The maximum atomic E-state index is 12.9. The fraction of sp³-hybridized carbons (Fsp3) is 0.417. The molecule has 0 saturated heterocycles. The van der Waals surface area contributed by atoms with Gasteiger partial charge in [0.2, 0.25) is 5.91 Å². The molecule has 0 heterocycles. The molecule has 0 aromatic heterocycles. The smallest absolute Gasteiger partial charge is 0.234 e. The zero-order valence-corrected chi connectivity index (χ0v) is 11.9. The van der Waals surface area contributed by atoms with Crippen LogP contribution in [0.1, 0.15) is 13.8 Å². The monoisotopic (exact) mass is 290 g/mol. The van der Waals surface area contributed by atoms with Crippen molar-refractivity contribution >= 4 is 35.0 Å². The molecule has 0 unspecified atom stereocenters. The van der Waals surface area contributed by atoms with Crippen molar-refractivity contribution in [1.29, 1.82) is 0 Å². The lowest BCUT2D eigenvalue weighted by Crippen LogP contribution is -2.35. The topological polar surface area (TPSA) is 55.1 Å². The van der Waals surface area contributed by atoms with Crippen LogP contribution in [0.3, 0.4) is 0 Å². The molecule has 0 fully saturated rings. The zero-order chi connectivity index (χ0) is 13.8. The Bertz CT molecular complexity index is 435. The number of nitrogens with one attached hydrogen (secondary N) is 1. The van der Waals surface area contributed by atoms with Crippen molar-refractivity contribution in [2.75, 3.05) is 16.8 Å². The molecule has 3 nitrogen and oxygen atoms in total. The fourth-order valence-electron chi connectivity index (χ4n) is 1.18. The quantitative estimate of drug-likeness (QED) is 0.877. The number of nitrogens with two attached hydrogens (primary N) is 1. The highest BCUT2D eigenvalue weighted by atomic mass is 35.5. The van der Waals surface area contributed by atoms with Crippen LogP contribution in [0.5, 0.6) is 0 Å². The molecule has 0 bridgehead atoms. The van der Waals surface area contributed by atoms with Crippen LogP contribution in [-0.4, -0.2) is 23.0 Å². The van der Waals surface area contributed by atoms with Crippen molar-refractivity contribution in [3.8, 4) is 0 Å². The standard InChI is InChI=1S/C12H16ClFN2OS/c1-12(2,15)7-18-6-11(17)16-8-3-4-10(14)9(13)5-8/h3-5H,6-7,15H2,1-2H3,(H,16,17). The van der Waals surface area contributed by atoms with Crippen molar-refractivity contribution in [2.45, 2.75) is 19.4 Å². The van der Waals surface area contributed by atoms with Gasteiger partial charge in [-0.1, -0.05) is 11.6 Å². The van der Waals surface area contributed by atoms with E-state index in [1.807, 2.05) is 13.8 Å². The van der Waals surface area contributed by atoms with E-state index in [0.29, 0.717) is 17.2 Å². The molecule has 18 heavy (non-hydrogen) atoms. The van der Waals surface area contributed by atoms with Crippen LogP contribution in [0, 0.1) is 5.82 Å². The number of benzene rings is 1. The second kappa shape index (κ2) is 6.41. The Morgan fingerprint density at radius 2 is 2.22 bits per heavy atom. The van der Waals surface area contributed by atoms with Gasteiger partial charge in [-0.3, -0.25) is 4.79 Å². The third kappa shape index (κ3) is 5.71. The summed E-state index contributed by atoms with van der Waals surface area (Å²) >= 11 is 7.06. The summed E-state index contributed by atoms with van der Waals surface area (Å²) < 4.78 is 12.9. The first-order valence-electron chi connectivity index (χ1n) is 5.39. The third-order valence-corrected chi connectivity index (χ3v) is 3.61. The highest BCUT2D eigenvalue weighted by Crippen LogP contribution is 2.19. The minimum atomic E-state index is -0.506. The first-order chi connectivity index (χ1) is 8.28. The molecule has 1 aromatic carbocycles. The second-order valence-electron chi connectivity index (χ2n) is 4.66.